The summed E-state index contributed by atoms with van der Waals surface area (Å²) in [4.78, 5) is 3.70. The van der Waals surface area contributed by atoms with Gasteiger partial charge in [-0.05, 0) is 18.5 Å². The molecule has 0 N–H and O–H groups in total. The Kier molecular flexibility index (Phi) is 2.43. The standard InChI is InChI=1S/C7H9BFN/c1-8-5-6-3-2-4-7(9)10-6/h2-4,8H,5H2,1H3. The molecule has 1 aromatic rings. The molecule has 0 aromatic carbocycles. The van der Waals surface area contributed by atoms with Crippen LogP contribution in [0.4, 0.5) is 4.39 Å². The van der Waals surface area contributed by atoms with Crippen molar-refractivity contribution in [3.8, 4) is 0 Å². The molecule has 0 aliphatic carbocycles. The van der Waals surface area contributed by atoms with Crippen LogP contribution < -0.4 is 0 Å². The van der Waals surface area contributed by atoms with Crippen molar-refractivity contribution < 1.29 is 4.39 Å². The van der Waals surface area contributed by atoms with Crippen molar-refractivity contribution in [1.29, 1.82) is 0 Å². The first-order chi connectivity index (χ1) is 4.83. The monoisotopic (exact) mass is 137 g/mol. The van der Waals surface area contributed by atoms with Gasteiger partial charge in [-0.1, -0.05) is 12.9 Å². The third-order valence-corrected chi connectivity index (χ3v) is 1.28. The maximum atomic E-state index is 12.4. The van der Waals surface area contributed by atoms with Gasteiger partial charge in [0.15, 0.2) is 0 Å². The Balaban J connectivity index is 2.75. The topological polar surface area (TPSA) is 12.9 Å². The highest BCUT2D eigenvalue weighted by Crippen LogP contribution is 1.97. The van der Waals surface area contributed by atoms with Gasteiger partial charge in [-0.25, -0.2) is 4.98 Å². The SMILES string of the molecule is CBCc1cccc(F)n1. The molecule has 1 rings (SSSR count). The van der Waals surface area contributed by atoms with E-state index in [0.29, 0.717) is 0 Å². The average Bonchev–Trinajstić information content (AvgIpc) is 1.88. The van der Waals surface area contributed by atoms with E-state index in [9.17, 15) is 4.39 Å². The Morgan fingerprint density at radius 2 is 2.40 bits per heavy atom. The van der Waals surface area contributed by atoms with Crippen LogP contribution in [0.25, 0.3) is 0 Å². The number of rotatable bonds is 2. The number of hydrogen-bond acceptors (Lipinski definition) is 1. The number of nitrogens with zero attached hydrogens (tertiary/aromatic N) is 1. The molecule has 1 heterocycles. The molecule has 0 atom stereocenters. The van der Waals surface area contributed by atoms with E-state index in [1.165, 1.54) is 6.07 Å². The molecule has 0 aliphatic rings. The van der Waals surface area contributed by atoms with Crippen LogP contribution in [0.5, 0.6) is 0 Å². The minimum absolute atomic E-state index is 0.383. The molecular formula is C7H9BFN. The Hall–Kier alpha value is -0.855. The lowest BCUT2D eigenvalue weighted by molar-refractivity contribution is 0.579. The third-order valence-electron chi connectivity index (χ3n) is 1.28. The van der Waals surface area contributed by atoms with Crippen molar-refractivity contribution in [2.75, 3.05) is 0 Å². The lowest BCUT2D eigenvalue weighted by Crippen LogP contribution is -1.95. The Labute approximate surface area is 60.5 Å². The molecule has 0 amide bonds. The van der Waals surface area contributed by atoms with Crippen molar-refractivity contribution >= 4 is 7.28 Å². The normalized spacial score (nSPS) is 9.40. The summed E-state index contributed by atoms with van der Waals surface area (Å²) in [6.45, 7) is 2.05. The van der Waals surface area contributed by atoms with Gasteiger partial charge in [0.1, 0.15) is 7.28 Å². The molecule has 0 spiro atoms. The molecule has 0 bridgehead atoms. The third kappa shape index (κ3) is 1.83. The van der Waals surface area contributed by atoms with E-state index in [0.717, 1.165) is 19.3 Å². The Morgan fingerprint density at radius 1 is 1.60 bits per heavy atom. The highest BCUT2D eigenvalue weighted by molar-refractivity contribution is 6.32. The summed E-state index contributed by atoms with van der Waals surface area (Å²) in [7, 11) is 1.01. The molecule has 1 nitrogen and oxygen atoms in total. The predicted molar refractivity (Wildman–Crippen MR) is 40.9 cm³/mol. The molecule has 0 unspecified atom stereocenters. The summed E-state index contributed by atoms with van der Waals surface area (Å²) < 4.78 is 12.4. The summed E-state index contributed by atoms with van der Waals surface area (Å²) in [5.41, 5.74) is 0.836. The van der Waals surface area contributed by atoms with Crippen LogP contribution >= 0.6 is 0 Å². The van der Waals surface area contributed by atoms with Gasteiger partial charge in [0.2, 0.25) is 5.95 Å². The average molecular weight is 137 g/mol. The molecule has 10 heavy (non-hydrogen) atoms. The van der Waals surface area contributed by atoms with Gasteiger partial charge in [-0.3, -0.25) is 0 Å². The lowest BCUT2D eigenvalue weighted by atomic mass is 9.77. The van der Waals surface area contributed by atoms with Gasteiger partial charge >= 0.3 is 0 Å². The summed E-state index contributed by atoms with van der Waals surface area (Å²) in [5, 5.41) is 0. The van der Waals surface area contributed by atoms with Crippen molar-refractivity contribution in [3.05, 3.63) is 29.8 Å². The van der Waals surface area contributed by atoms with Gasteiger partial charge in [0.05, 0.1) is 0 Å². The van der Waals surface area contributed by atoms with Crippen molar-refractivity contribution in [2.24, 2.45) is 0 Å². The van der Waals surface area contributed by atoms with E-state index >= 15 is 0 Å². The van der Waals surface area contributed by atoms with E-state index < -0.39 is 0 Å². The van der Waals surface area contributed by atoms with Gasteiger partial charge in [-0.15, -0.1) is 0 Å². The van der Waals surface area contributed by atoms with Crippen molar-refractivity contribution in [1.82, 2.24) is 4.98 Å². The van der Waals surface area contributed by atoms with E-state index in [-0.39, 0.29) is 5.95 Å². The molecule has 0 saturated heterocycles. The zero-order valence-corrected chi connectivity index (χ0v) is 5.97. The second-order valence-electron chi connectivity index (χ2n) is 2.20. The fourth-order valence-electron chi connectivity index (χ4n) is 0.846. The van der Waals surface area contributed by atoms with E-state index in [2.05, 4.69) is 4.98 Å². The fraction of sp³-hybridized carbons (Fsp3) is 0.286. The van der Waals surface area contributed by atoms with Crippen LogP contribution in [0.15, 0.2) is 18.2 Å². The second-order valence-corrected chi connectivity index (χ2v) is 2.20. The number of halogens is 1. The van der Waals surface area contributed by atoms with Crippen LogP contribution in [-0.2, 0) is 6.32 Å². The Morgan fingerprint density at radius 3 is 3.00 bits per heavy atom. The molecule has 0 aliphatic heterocycles. The van der Waals surface area contributed by atoms with Crippen LogP contribution in [0, 0.1) is 5.95 Å². The molecule has 1 aromatic heterocycles. The van der Waals surface area contributed by atoms with E-state index in [4.69, 9.17) is 0 Å². The van der Waals surface area contributed by atoms with Crippen LogP contribution in [-0.4, -0.2) is 12.3 Å². The van der Waals surface area contributed by atoms with Gasteiger partial charge in [0.25, 0.3) is 0 Å². The molecule has 0 saturated carbocycles. The van der Waals surface area contributed by atoms with Crippen LogP contribution in [0.2, 0.25) is 6.82 Å². The van der Waals surface area contributed by atoms with E-state index in [1.807, 2.05) is 12.9 Å². The van der Waals surface area contributed by atoms with Gasteiger partial charge < -0.3 is 0 Å². The Bertz CT molecular complexity index is 215. The van der Waals surface area contributed by atoms with E-state index in [1.54, 1.807) is 6.07 Å². The minimum Gasteiger partial charge on any atom is -0.226 e. The largest absolute Gasteiger partial charge is 0.226 e. The van der Waals surface area contributed by atoms with Gasteiger partial charge in [-0.2, -0.15) is 4.39 Å². The zero-order valence-electron chi connectivity index (χ0n) is 5.97. The smallest absolute Gasteiger partial charge is 0.213 e. The number of pyridine rings is 1. The molecule has 52 valence electrons. The highest BCUT2D eigenvalue weighted by atomic mass is 19.1. The van der Waals surface area contributed by atoms with Crippen LogP contribution in [0.3, 0.4) is 0 Å². The molecule has 3 heteroatoms. The lowest BCUT2D eigenvalue weighted by Gasteiger charge is -1.94. The second kappa shape index (κ2) is 3.35. The van der Waals surface area contributed by atoms with Crippen LogP contribution in [0.1, 0.15) is 5.69 Å². The summed E-state index contributed by atoms with van der Waals surface area (Å²) in [6.07, 6.45) is 0.859. The summed E-state index contributed by atoms with van der Waals surface area (Å²) in [6, 6.07) is 4.89. The first kappa shape index (κ1) is 7.25. The zero-order chi connectivity index (χ0) is 7.40. The maximum Gasteiger partial charge on any atom is 0.213 e. The summed E-state index contributed by atoms with van der Waals surface area (Å²) in [5.74, 6) is -0.383. The number of aromatic nitrogens is 1. The quantitative estimate of drug-likeness (QED) is 0.440. The molecular weight excluding hydrogens is 128 g/mol. The fourth-order valence-corrected chi connectivity index (χ4v) is 0.846. The van der Waals surface area contributed by atoms with Gasteiger partial charge in [0, 0.05) is 5.69 Å². The van der Waals surface area contributed by atoms with Crippen molar-refractivity contribution in [2.45, 2.75) is 13.1 Å². The molecule has 0 radical (unpaired) electrons. The minimum atomic E-state index is -0.383. The van der Waals surface area contributed by atoms with Crippen molar-refractivity contribution in [3.63, 3.8) is 0 Å². The summed E-state index contributed by atoms with van der Waals surface area (Å²) >= 11 is 0. The first-order valence-corrected chi connectivity index (χ1v) is 3.44. The molecule has 0 fully saturated rings. The predicted octanol–water partition coefficient (Wildman–Crippen LogP) is 1.21. The maximum absolute atomic E-state index is 12.4. The first-order valence-electron chi connectivity index (χ1n) is 3.44. The number of hydrogen-bond donors (Lipinski definition) is 0. The highest BCUT2D eigenvalue weighted by Gasteiger charge is 1.93.